The summed E-state index contributed by atoms with van der Waals surface area (Å²) >= 11 is 6.05. The summed E-state index contributed by atoms with van der Waals surface area (Å²) in [5, 5.41) is 9.56. The summed E-state index contributed by atoms with van der Waals surface area (Å²) in [6.07, 6.45) is 0.108. The molecule has 2 nitrogen and oxygen atoms in total. The van der Waals surface area contributed by atoms with Crippen LogP contribution in [0.1, 0.15) is 26.3 Å². The lowest BCUT2D eigenvalue weighted by atomic mass is 10.0. The molecule has 3 heteroatoms. The molecule has 0 aliphatic carbocycles. The van der Waals surface area contributed by atoms with Crippen molar-refractivity contribution in [3.05, 3.63) is 34.7 Å². The largest absolute Gasteiger partial charge is 0.489 e. The van der Waals surface area contributed by atoms with Gasteiger partial charge in [-0.3, -0.25) is 0 Å². The molecule has 0 bridgehead atoms. The van der Waals surface area contributed by atoms with Crippen molar-refractivity contribution in [3.8, 4) is 5.75 Å². The number of ether oxygens (including phenoxy) is 1. The zero-order valence-corrected chi connectivity index (χ0v) is 10.0. The molecule has 0 unspecified atom stereocenters. The number of benzene rings is 1. The summed E-state index contributed by atoms with van der Waals surface area (Å²) in [5.41, 5.74) is 0.943. The minimum atomic E-state index is 0.0424. The van der Waals surface area contributed by atoms with E-state index in [1.165, 1.54) is 0 Å². The molecule has 1 radical (unpaired) electrons. The standard InChI is InChI=1S/C12H16ClO2/c1-8(2)15-12-5-4-10(6-11(12)13)9(3)7-14/h4-6,8,14H,7H2,1-3H3. The van der Waals surface area contributed by atoms with Crippen molar-refractivity contribution >= 4 is 11.6 Å². The van der Waals surface area contributed by atoms with Crippen molar-refractivity contribution in [2.45, 2.75) is 26.9 Å². The van der Waals surface area contributed by atoms with Crippen molar-refractivity contribution < 1.29 is 9.84 Å². The van der Waals surface area contributed by atoms with Gasteiger partial charge < -0.3 is 9.84 Å². The van der Waals surface area contributed by atoms with E-state index >= 15 is 0 Å². The van der Waals surface area contributed by atoms with E-state index in [9.17, 15) is 0 Å². The SMILES string of the molecule is C[C](CO)c1ccc(OC(C)C)c(Cl)c1. The minimum absolute atomic E-state index is 0.0424. The van der Waals surface area contributed by atoms with Crippen molar-refractivity contribution in [2.24, 2.45) is 0 Å². The minimum Gasteiger partial charge on any atom is -0.489 e. The van der Waals surface area contributed by atoms with E-state index in [-0.39, 0.29) is 12.7 Å². The lowest BCUT2D eigenvalue weighted by Crippen LogP contribution is -2.06. The molecule has 0 atom stereocenters. The molecule has 0 aliphatic rings. The van der Waals surface area contributed by atoms with Gasteiger partial charge in [-0.15, -0.1) is 0 Å². The second-order valence-electron chi connectivity index (χ2n) is 3.75. The first-order chi connectivity index (χ1) is 7.04. The van der Waals surface area contributed by atoms with Crippen LogP contribution in [0.25, 0.3) is 0 Å². The van der Waals surface area contributed by atoms with Crippen LogP contribution >= 0.6 is 11.6 Å². The van der Waals surface area contributed by atoms with E-state index in [1.54, 1.807) is 0 Å². The smallest absolute Gasteiger partial charge is 0.138 e. The van der Waals surface area contributed by atoms with Crippen molar-refractivity contribution in [2.75, 3.05) is 6.61 Å². The summed E-state index contributed by atoms with van der Waals surface area (Å²) in [6.45, 7) is 5.82. The summed E-state index contributed by atoms with van der Waals surface area (Å²) in [4.78, 5) is 0. The Kier molecular flexibility index (Phi) is 4.43. The van der Waals surface area contributed by atoms with Gasteiger partial charge in [-0.05, 0) is 31.5 Å². The maximum atomic E-state index is 8.98. The van der Waals surface area contributed by atoms with Gasteiger partial charge in [0.2, 0.25) is 0 Å². The molecule has 15 heavy (non-hydrogen) atoms. The third kappa shape index (κ3) is 3.40. The Morgan fingerprint density at radius 3 is 2.60 bits per heavy atom. The van der Waals surface area contributed by atoms with E-state index < -0.39 is 0 Å². The van der Waals surface area contributed by atoms with Gasteiger partial charge in [0.1, 0.15) is 5.75 Å². The van der Waals surface area contributed by atoms with E-state index in [1.807, 2.05) is 39.0 Å². The lowest BCUT2D eigenvalue weighted by molar-refractivity contribution is 0.242. The van der Waals surface area contributed by atoms with Crippen LogP contribution in [0.15, 0.2) is 18.2 Å². The third-order valence-electron chi connectivity index (χ3n) is 2.02. The lowest BCUT2D eigenvalue weighted by Gasteiger charge is -2.13. The molecule has 1 N–H and O–H groups in total. The van der Waals surface area contributed by atoms with Crippen LogP contribution in [0.4, 0.5) is 0 Å². The van der Waals surface area contributed by atoms with Gasteiger partial charge in [-0.2, -0.15) is 0 Å². The molecule has 0 heterocycles. The predicted octanol–water partition coefficient (Wildman–Crippen LogP) is 3.06. The van der Waals surface area contributed by atoms with Gasteiger partial charge in [-0.1, -0.05) is 24.6 Å². The zero-order valence-electron chi connectivity index (χ0n) is 9.25. The quantitative estimate of drug-likeness (QED) is 0.857. The van der Waals surface area contributed by atoms with Gasteiger partial charge in [0, 0.05) is 5.92 Å². The second kappa shape index (κ2) is 5.38. The van der Waals surface area contributed by atoms with Crippen LogP contribution in [-0.4, -0.2) is 17.8 Å². The number of aliphatic hydroxyl groups excluding tert-OH is 1. The van der Waals surface area contributed by atoms with Crippen LogP contribution < -0.4 is 4.74 Å². The van der Waals surface area contributed by atoms with Gasteiger partial charge in [0.25, 0.3) is 0 Å². The van der Waals surface area contributed by atoms with Gasteiger partial charge in [0.15, 0.2) is 0 Å². The van der Waals surface area contributed by atoms with Crippen LogP contribution in [0.2, 0.25) is 5.02 Å². The highest BCUT2D eigenvalue weighted by atomic mass is 35.5. The first kappa shape index (κ1) is 12.3. The number of aliphatic hydroxyl groups is 1. The number of halogens is 1. The van der Waals surface area contributed by atoms with Crippen LogP contribution in [0.5, 0.6) is 5.75 Å². The van der Waals surface area contributed by atoms with E-state index in [0.29, 0.717) is 10.8 Å². The Morgan fingerprint density at radius 2 is 2.13 bits per heavy atom. The van der Waals surface area contributed by atoms with E-state index in [4.69, 9.17) is 21.4 Å². The molecule has 83 valence electrons. The van der Waals surface area contributed by atoms with E-state index in [2.05, 4.69) is 0 Å². The molecule has 0 aliphatic heterocycles. The molecule has 0 saturated heterocycles. The molecular weight excluding hydrogens is 212 g/mol. The number of rotatable bonds is 4. The normalized spacial score (nSPS) is 11.1. The molecule has 0 saturated carbocycles. The fourth-order valence-electron chi connectivity index (χ4n) is 1.21. The van der Waals surface area contributed by atoms with Crippen molar-refractivity contribution in [3.63, 3.8) is 0 Å². The average molecular weight is 228 g/mol. The third-order valence-corrected chi connectivity index (χ3v) is 2.32. The van der Waals surface area contributed by atoms with Gasteiger partial charge in [-0.25, -0.2) is 0 Å². The highest BCUT2D eigenvalue weighted by Gasteiger charge is 2.09. The number of hydrogen-bond acceptors (Lipinski definition) is 2. The molecule has 1 aromatic rings. The maximum Gasteiger partial charge on any atom is 0.138 e. The molecule has 1 rings (SSSR count). The Bertz CT molecular complexity index is 323. The summed E-state index contributed by atoms with van der Waals surface area (Å²) in [6, 6.07) is 5.54. The molecule has 0 spiro atoms. The molecule has 0 fully saturated rings. The maximum absolute atomic E-state index is 8.98. The van der Waals surface area contributed by atoms with Gasteiger partial charge in [0.05, 0.1) is 17.7 Å². The Morgan fingerprint density at radius 1 is 1.47 bits per heavy atom. The van der Waals surface area contributed by atoms with Gasteiger partial charge >= 0.3 is 0 Å². The number of hydrogen-bond donors (Lipinski definition) is 1. The first-order valence-electron chi connectivity index (χ1n) is 4.94. The topological polar surface area (TPSA) is 29.5 Å². The highest BCUT2D eigenvalue weighted by molar-refractivity contribution is 6.32. The van der Waals surface area contributed by atoms with Crippen molar-refractivity contribution in [1.82, 2.24) is 0 Å². The first-order valence-corrected chi connectivity index (χ1v) is 5.32. The van der Waals surface area contributed by atoms with Crippen molar-refractivity contribution in [1.29, 1.82) is 0 Å². The molecule has 1 aromatic carbocycles. The summed E-state index contributed by atoms with van der Waals surface area (Å²) in [7, 11) is 0. The molecule has 0 aromatic heterocycles. The average Bonchev–Trinajstić information content (AvgIpc) is 2.19. The molecule has 0 amide bonds. The fraction of sp³-hybridized carbons (Fsp3) is 0.417. The second-order valence-corrected chi connectivity index (χ2v) is 4.16. The van der Waals surface area contributed by atoms with E-state index in [0.717, 1.165) is 11.5 Å². The predicted molar refractivity (Wildman–Crippen MR) is 62.3 cm³/mol. The Labute approximate surface area is 95.8 Å². The zero-order chi connectivity index (χ0) is 11.4. The van der Waals surface area contributed by atoms with Crippen LogP contribution in [-0.2, 0) is 0 Å². The molecular formula is C12H16ClO2. The fourth-order valence-corrected chi connectivity index (χ4v) is 1.43. The van der Waals surface area contributed by atoms with Crippen LogP contribution in [0, 0.1) is 5.92 Å². The summed E-state index contributed by atoms with van der Waals surface area (Å²) in [5.74, 6) is 1.58. The monoisotopic (exact) mass is 227 g/mol. The Hall–Kier alpha value is -0.730. The highest BCUT2D eigenvalue weighted by Crippen LogP contribution is 2.28. The van der Waals surface area contributed by atoms with Crippen LogP contribution in [0.3, 0.4) is 0 Å². The summed E-state index contributed by atoms with van der Waals surface area (Å²) < 4.78 is 5.51. The Balaban J connectivity index is 2.88.